The third-order valence-corrected chi connectivity index (χ3v) is 5.52. The molecule has 20 heavy (non-hydrogen) atoms. The van der Waals surface area contributed by atoms with Crippen molar-refractivity contribution in [2.45, 2.75) is 17.4 Å². The van der Waals surface area contributed by atoms with Gasteiger partial charge in [-0.1, -0.05) is 18.2 Å². The quantitative estimate of drug-likeness (QED) is 0.926. The lowest BCUT2D eigenvalue weighted by molar-refractivity contribution is -0.132. The molecule has 2 amide bonds. The summed E-state index contributed by atoms with van der Waals surface area (Å²) in [7, 11) is 0. The van der Waals surface area contributed by atoms with Crippen molar-refractivity contribution in [3.05, 3.63) is 29.8 Å². The molecule has 1 saturated heterocycles. The van der Waals surface area contributed by atoms with Gasteiger partial charge in [0, 0.05) is 10.6 Å². The number of hydrogen-bond donors (Lipinski definition) is 1. The average Bonchev–Trinajstić information content (AvgIpc) is 2.85. The van der Waals surface area contributed by atoms with Gasteiger partial charge in [-0.2, -0.15) is 0 Å². The molecular formula is C14H16N2O2S2. The summed E-state index contributed by atoms with van der Waals surface area (Å²) in [6.45, 7) is 0.178. The Morgan fingerprint density at radius 2 is 2.25 bits per heavy atom. The molecule has 0 aromatic heterocycles. The van der Waals surface area contributed by atoms with Crippen LogP contribution in [0.1, 0.15) is 18.0 Å². The van der Waals surface area contributed by atoms with Crippen LogP contribution in [0.15, 0.2) is 29.2 Å². The summed E-state index contributed by atoms with van der Waals surface area (Å²) in [5.41, 5.74) is 1.19. The predicted molar refractivity (Wildman–Crippen MR) is 81.7 cm³/mol. The van der Waals surface area contributed by atoms with Crippen molar-refractivity contribution in [2.75, 3.05) is 23.9 Å². The standard InChI is InChI=1S/C14H16N2O2S2/c17-13(7-16-9-19-8-14(16)18)15-11-5-6-20-12-4-2-1-3-10(11)12/h1-4,11H,5-9H2,(H,15,17)/t11-/m1/s1. The van der Waals surface area contributed by atoms with E-state index >= 15 is 0 Å². The number of benzene rings is 1. The molecule has 2 heterocycles. The normalized spacial score (nSPS) is 21.7. The van der Waals surface area contributed by atoms with Gasteiger partial charge in [-0.3, -0.25) is 9.59 Å². The number of carbonyl (C=O) groups excluding carboxylic acids is 2. The summed E-state index contributed by atoms with van der Waals surface area (Å²) in [4.78, 5) is 26.5. The fourth-order valence-corrected chi connectivity index (χ4v) is 4.47. The van der Waals surface area contributed by atoms with Crippen molar-refractivity contribution < 1.29 is 9.59 Å². The number of fused-ring (bicyclic) bond motifs is 1. The van der Waals surface area contributed by atoms with E-state index in [1.165, 1.54) is 10.5 Å². The molecule has 1 aromatic carbocycles. The third-order valence-electron chi connectivity index (χ3n) is 3.45. The molecule has 2 aliphatic heterocycles. The monoisotopic (exact) mass is 308 g/mol. The van der Waals surface area contributed by atoms with Gasteiger partial charge in [-0.15, -0.1) is 23.5 Å². The van der Waals surface area contributed by atoms with Crippen LogP contribution in [-0.4, -0.2) is 40.6 Å². The Labute approximate surface area is 126 Å². The smallest absolute Gasteiger partial charge is 0.240 e. The van der Waals surface area contributed by atoms with Crippen molar-refractivity contribution in [3.8, 4) is 0 Å². The Morgan fingerprint density at radius 3 is 3.05 bits per heavy atom. The van der Waals surface area contributed by atoms with Gasteiger partial charge in [-0.05, 0) is 18.1 Å². The van der Waals surface area contributed by atoms with Crippen molar-refractivity contribution in [1.29, 1.82) is 0 Å². The molecule has 0 saturated carbocycles. The maximum absolute atomic E-state index is 12.1. The number of thioether (sulfide) groups is 2. The number of rotatable bonds is 3. The van der Waals surface area contributed by atoms with E-state index in [0.717, 1.165) is 12.2 Å². The number of carbonyl (C=O) groups is 2. The molecule has 0 aliphatic carbocycles. The zero-order chi connectivity index (χ0) is 13.9. The molecule has 1 fully saturated rings. The molecule has 1 atom stereocenters. The van der Waals surface area contributed by atoms with E-state index < -0.39 is 0 Å². The van der Waals surface area contributed by atoms with Gasteiger partial charge in [0.05, 0.1) is 17.7 Å². The lowest BCUT2D eigenvalue weighted by Crippen LogP contribution is -2.40. The summed E-state index contributed by atoms with van der Waals surface area (Å²) in [5, 5.41) is 3.07. The van der Waals surface area contributed by atoms with Gasteiger partial charge >= 0.3 is 0 Å². The van der Waals surface area contributed by atoms with Gasteiger partial charge in [0.25, 0.3) is 0 Å². The van der Waals surface area contributed by atoms with E-state index in [-0.39, 0.29) is 24.4 Å². The van der Waals surface area contributed by atoms with Crippen LogP contribution >= 0.6 is 23.5 Å². The topological polar surface area (TPSA) is 49.4 Å². The minimum Gasteiger partial charge on any atom is -0.348 e. The van der Waals surface area contributed by atoms with Gasteiger partial charge in [-0.25, -0.2) is 0 Å². The molecule has 6 heteroatoms. The van der Waals surface area contributed by atoms with E-state index in [0.29, 0.717) is 11.6 Å². The number of nitrogens with one attached hydrogen (secondary N) is 1. The molecule has 3 rings (SSSR count). The zero-order valence-electron chi connectivity index (χ0n) is 11.0. The minimum absolute atomic E-state index is 0.0600. The molecule has 2 aliphatic rings. The maximum atomic E-state index is 12.1. The van der Waals surface area contributed by atoms with Crippen molar-refractivity contribution in [3.63, 3.8) is 0 Å². The molecule has 0 spiro atoms. The van der Waals surface area contributed by atoms with E-state index in [4.69, 9.17) is 0 Å². The summed E-state index contributed by atoms with van der Waals surface area (Å²) in [6.07, 6.45) is 0.941. The van der Waals surface area contributed by atoms with E-state index in [2.05, 4.69) is 17.4 Å². The van der Waals surface area contributed by atoms with Crippen LogP contribution in [0, 0.1) is 0 Å². The molecular weight excluding hydrogens is 292 g/mol. The SMILES string of the molecule is O=C(CN1CSCC1=O)N[C@@H]1CCSc2ccccc21. The predicted octanol–water partition coefficient (Wildman–Crippen LogP) is 1.87. The van der Waals surface area contributed by atoms with E-state index in [1.807, 2.05) is 23.9 Å². The summed E-state index contributed by atoms with van der Waals surface area (Å²) in [6, 6.07) is 8.27. The second kappa shape index (κ2) is 6.10. The van der Waals surface area contributed by atoms with E-state index in [1.54, 1.807) is 16.7 Å². The summed E-state index contributed by atoms with van der Waals surface area (Å²) >= 11 is 3.39. The molecule has 0 radical (unpaired) electrons. The van der Waals surface area contributed by atoms with Crippen LogP contribution in [0.2, 0.25) is 0 Å². The first-order valence-electron chi connectivity index (χ1n) is 6.60. The lowest BCUT2D eigenvalue weighted by Gasteiger charge is -2.26. The molecule has 1 N–H and O–H groups in total. The highest BCUT2D eigenvalue weighted by atomic mass is 32.2. The Balaban J connectivity index is 1.63. The largest absolute Gasteiger partial charge is 0.348 e. The lowest BCUT2D eigenvalue weighted by atomic mass is 10.0. The Morgan fingerprint density at radius 1 is 1.40 bits per heavy atom. The van der Waals surface area contributed by atoms with Crippen molar-refractivity contribution in [1.82, 2.24) is 10.2 Å². The van der Waals surface area contributed by atoms with Gasteiger partial charge in [0.2, 0.25) is 11.8 Å². The van der Waals surface area contributed by atoms with E-state index in [9.17, 15) is 9.59 Å². The highest BCUT2D eigenvalue weighted by Gasteiger charge is 2.26. The van der Waals surface area contributed by atoms with Crippen LogP contribution in [0.4, 0.5) is 0 Å². The molecule has 0 unspecified atom stereocenters. The Bertz CT molecular complexity index is 536. The van der Waals surface area contributed by atoms with Gasteiger partial charge in [0.15, 0.2) is 0 Å². The highest BCUT2D eigenvalue weighted by molar-refractivity contribution is 8.00. The van der Waals surface area contributed by atoms with Crippen molar-refractivity contribution >= 4 is 35.3 Å². The number of hydrogen-bond acceptors (Lipinski definition) is 4. The molecule has 0 bridgehead atoms. The maximum Gasteiger partial charge on any atom is 0.240 e. The first-order chi connectivity index (χ1) is 9.74. The van der Waals surface area contributed by atoms with Crippen molar-refractivity contribution in [2.24, 2.45) is 0 Å². The average molecular weight is 308 g/mol. The highest BCUT2D eigenvalue weighted by Crippen LogP contribution is 2.35. The third kappa shape index (κ3) is 2.96. The molecule has 4 nitrogen and oxygen atoms in total. The molecule has 106 valence electrons. The zero-order valence-corrected chi connectivity index (χ0v) is 12.6. The second-order valence-electron chi connectivity index (χ2n) is 4.86. The fourth-order valence-electron chi connectivity index (χ4n) is 2.45. The van der Waals surface area contributed by atoms with Crippen LogP contribution < -0.4 is 5.32 Å². The Kier molecular flexibility index (Phi) is 4.21. The van der Waals surface area contributed by atoms with Crippen LogP contribution in [0.5, 0.6) is 0 Å². The van der Waals surface area contributed by atoms with Crippen LogP contribution in [-0.2, 0) is 9.59 Å². The van der Waals surface area contributed by atoms with Gasteiger partial charge < -0.3 is 10.2 Å². The second-order valence-corrected chi connectivity index (χ2v) is 6.96. The van der Waals surface area contributed by atoms with Crippen LogP contribution in [0.3, 0.4) is 0 Å². The Hall–Kier alpha value is -1.14. The minimum atomic E-state index is -0.0625. The fraction of sp³-hybridized carbons (Fsp3) is 0.429. The van der Waals surface area contributed by atoms with Crippen LogP contribution in [0.25, 0.3) is 0 Å². The number of amides is 2. The summed E-state index contributed by atoms with van der Waals surface area (Å²) < 4.78 is 0. The first-order valence-corrected chi connectivity index (χ1v) is 8.74. The summed E-state index contributed by atoms with van der Waals surface area (Å²) in [5.74, 6) is 2.14. The van der Waals surface area contributed by atoms with Gasteiger partial charge in [0.1, 0.15) is 6.54 Å². The molecule has 1 aromatic rings. The number of nitrogens with zero attached hydrogens (tertiary/aromatic N) is 1. The first kappa shape index (κ1) is 13.8.